The van der Waals surface area contributed by atoms with Crippen LogP contribution in [0.3, 0.4) is 0 Å². The van der Waals surface area contributed by atoms with E-state index >= 15 is 0 Å². The first-order chi connectivity index (χ1) is 6.81. The van der Waals surface area contributed by atoms with Crippen molar-refractivity contribution >= 4 is 11.8 Å². The highest BCUT2D eigenvalue weighted by molar-refractivity contribution is 5.50. The Hall–Kier alpha value is -1.40. The number of benzene rings is 1. The molecule has 0 bridgehead atoms. The Morgan fingerprint density at radius 3 is 2.64 bits per heavy atom. The van der Waals surface area contributed by atoms with Gasteiger partial charge in [-0.3, -0.25) is 0 Å². The summed E-state index contributed by atoms with van der Waals surface area (Å²) in [6, 6.07) is 7.80. The Kier molecular flexibility index (Phi) is 4.09. The molecule has 0 N–H and O–H groups in total. The summed E-state index contributed by atoms with van der Waals surface area (Å²) in [7, 11) is 0. The molecule has 0 fully saturated rings. The minimum absolute atomic E-state index is 0.566. The van der Waals surface area contributed by atoms with Crippen LogP contribution >= 0.6 is 0 Å². The molecular formula is C12H15NO. The van der Waals surface area contributed by atoms with E-state index in [1.54, 1.807) is 6.08 Å². The molecule has 0 heterocycles. The molecule has 0 spiro atoms. The molecular weight excluding hydrogens is 174 g/mol. The molecule has 0 aliphatic rings. The van der Waals surface area contributed by atoms with Crippen LogP contribution in [0.1, 0.15) is 38.2 Å². The fraction of sp³-hybridized carbons (Fsp3) is 0.417. The van der Waals surface area contributed by atoms with Gasteiger partial charge in [-0.1, -0.05) is 26.0 Å². The van der Waals surface area contributed by atoms with Gasteiger partial charge in [-0.15, -0.1) is 0 Å². The average molecular weight is 189 g/mol. The third-order valence-electron chi connectivity index (χ3n) is 2.50. The molecule has 0 unspecified atom stereocenters. The number of rotatable bonds is 4. The van der Waals surface area contributed by atoms with Crippen molar-refractivity contribution in [2.75, 3.05) is 0 Å². The van der Waals surface area contributed by atoms with E-state index in [4.69, 9.17) is 0 Å². The van der Waals surface area contributed by atoms with E-state index in [2.05, 4.69) is 24.9 Å². The van der Waals surface area contributed by atoms with E-state index in [1.165, 1.54) is 5.56 Å². The van der Waals surface area contributed by atoms with Crippen LogP contribution in [0.2, 0.25) is 0 Å². The summed E-state index contributed by atoms with van der Waals surface area (Å²) in [5, 5.41) is 0. The lowest BCUT2D eigenvalue weighted by Crippen LogP contribution is -1.94. The van der Waals surface area contributed by atoms with E-state index in [-0.39, 0.29) is 0 Å². The summed E-state index contributed by atoms with van der Waals surface area (Å²) in [4.78, 5) is 13.7. The highest BCUT2D eigenvalue weighted by Gasteiger charge is 2.06. The van der Waals surface area contributed by atoms with Gasteiger partial charge in [-0.2, -0.15) is 4.99 Å². The molecule has 0 radical (unpaired) electrons. The third-order valence-corrected chi connectivity index (χ3v) is 2.50. The highest BCUT2D eigenvalue weighted by Crippen LogP contribution is 2.25. The smallest absolute Gasteiger partial charge is 0.211 e. The topological polar surface area (TPSA) is 29.4 Å². The molecule has 0 aliphatic carbocycles. The summed E-state index contributed by atoms with van der Waals surface area (Å²) < 4.78 is 0. The largest absolute Gasteiger partial charge is 0.240 e. The van der Waals surface area contributed by atoms with Gasteiger partial charge in [0.05, 0.1) is 5.69 Å². The van der Waals surface area contributed by atoms with Crippen molar-refractivity contribution in [3.05, 3.63) is 29.8 Å². The fourth-order valence-corrected chi connectivity index (χ4v) is 1.66. The molecule has 1 aromatic carbocycles. The maximum absolute atomic E-state index is 10.1. The molecule has 0 atom stereocenters. The van der Waals surface area contributed by atoms with Crippen molar-refractivity contribution in [3.8, 4) is 0 Å². The van der Waals surface area contributed by atoms with Gasteiger partial charge in [0.1, 0.15) is 0 Å². The molecule has 0 saturated heterocycles. The standard InChI is InChI=1S/C12H15NO/c1-3-10(4-2)11-6-5-7-12(8-11)13-9-14/h5-8,10H,3-4H2,1-2H3. The second-order valence-electron chi connectivity index (χ2n) is 3.31. The van der Waals surface area contributed by atoms with E-state index in [0.29, 0.717) is 11.6 Å². The number of hydrogen-bond donors (Lipinski definition) is 0. The monoisotopic (exact) mass is 189 g/mol. The Morgan fingerprint density at radius 2 is 2.07 bits per heavy atom. The highest BCUT2D eigenvalue weighted by atomic mass is 16.1. The number of isocyanates is 1. The van der Waals surface area contributed by atoms with Crippen molar-refractivity contribution < 1.29 is 4.79 Å². The van der Waals surface area contributed by atoms with E-state index in [0.717, 1.165) is 12.8 Å². The van der Waals surface area contributed by atoms with Gasteiger partial charge in [0, 0.05) is 0 Å². The molecule has 14 heavy (non-hydrogen) atoms. The molecule has 0 aliphatic heterocycles. The molecule has 1 aromatic rings. The van der Waals surface area contributed by atoms with Gasteiger partial charge < -0.3 is 0 Å². The minimum Gasteiger partial charge on any atom is -0.211 e. The second kappa shape index (κ2) is 5.36. The molecule has 0 aromatic heterocycles. The molecule has 1 rings (SSSR count). The van der Waals surface area contributed by atoms with Crippen LogP contribution in [0.5, 0.6) is 0 Å². The first kappa shape index (κ1) is 10.7. The van der Waals surface area contributed by atoms with Crippen LogP contribution in [0, 0.1) is 0 Å². The quantitative estimate of drug-likeness (QED) is 0.526. The minimum atomic E-state index is 0.566. The molecule has 2 heteroatoms. The van der Waals surface area contributed by atoms with Crippen LogP contribution in [0.25, 0.3) is 0 Å². The van der Waals surface area contributed by atoms with Gasteiger partial charge in [-0.25, -0.2) is 4.79 Å². The van der Waals surface area contributed by atoms with Crippen molar-refractivity contribution in [1.29, 1.82) is 0 Å². The van der Waals surface area contributed by atoms with E-state index < -0.39 is 0 Å². The van der Waals surface area contributed by atoms with Crippen LogP contribution in [0.15, 0.2) is 29.3 Å². The second-order valence-corrected chi connectivity index (χ2v) is 3.31. The normalized spacial score (nSPS) is 9.93. The molecule has 2 nitrogen and oxygen atoms in total. The van der Waals surface area contributed by atoms with Crippen molar-refractivity contribution in [3.63, 3.8) is 0 Å². The van der Waals surface area contributed by atoms with Crippen molar-refractivity contribution in [1.82, 2.24) is 0 Å². The van der Waals surface area contributed by atoms with E-state index in [9.17, 15) is 4.79 Å². The Labute approximate surface area is 84.7 Å². The third kappa shape index (κ3) is 2.54. The lowest BCUT2D eigenvalue weighted by molar-refractivity contribution is 0.565. The average Bonchev–Trinajstić information content (AvgIpc) is 2.21. The molecule has 74 valence electrons. The maximum atomic E-state index is 10.1. The number of aliphatic imine (C=N–C) groups is 1. The lowest BCUT2D eigenvalue weighted by Gasteiger charge is -2.12. The number of nitrogens with zero attached hydrogens (tertiary/aromatic N) is 1. The zero-order valence-corrected chi connectivity index (χ0v) is 8.66. The Balaban J connectivity index is 2.97. The predicted molar refractivity (Wildman–Crippen MR) is 57.5 cm³/mol. The summed E-state index contributed by atoms with van der Waals surface area (Å²) in [5.41, 5.74) is 1.95. The van der Waals surface area contributed by atoms with Crippen molar-refractivity contribution in [2.45, 2.75) is 32.6 Å². The molecule has 0 amide bonds. The SMILES string of the molecule is CCC(CC)c1cccc(N=C=O)c1. The summed E-state index contributed by atoms with van der Waals surface area (Å²) >= 11 is 0. The van der Waals surface area contributed by atoms with Gasteiger partial charge in [0.2, 0.25) is 6.08 Å². The summed E-state index contributed by atoms with van der Waals surface area (Å²) in [6.07, 6.45) is 3.79. The van der Waals surface area contributed by atoms with E-state index in [1.807, 2.05) is 18.2 Å². The first-order valence-electron chi connectivity index (χ1n) is 4.99. The summed E-state index contributed by atoms with van der Waals surface area (Å²) in [5.74, 6) is 0.566. The number of hydrogen-bond acceptors (Lipinski definition) is 2. The predicted octanol–water partition coefficient (Wildman–Crippen LogP) is 3.56. The van der Waals surface area contributed by atoms with Gasteiger partial charge in [0.25, 0.3) is 0 Å². The number of carbonyl (C=O) groups excluding carboxylic acids is 1. The Morgan fingerprint density at radius 1 is 1.36 bits per heavy atom. The zero-order chi connectivity index (χ0) is 10.4. The maximum Gasteiger partial charge on any atom is 0.240 e. The zero-order valence-electron chi connectivity index (χ0n) is 8.66. The fourth-order valence-electron chi connectivity index (χ4n) is 1.66. The van der Waals surface area contributed by atoms with Gasteiger partial charge >= 0.3 is 0 Å². The van der Waals surface area contributed by atoms with Crippen LogP contribution in [0.4, 0.5) is 5.69 Å². The van der Waals surface area contributed by atoms with Gasteiger partial charge in [-0.05, 0) is 36.5 Å². The van der Waals surface area contributed by atoms with Crippen LogP contribution in [-0.4, -0.2) is 6.08 Å². The van der Waals surface area contributed by atoms with Crippen molar-refractivity contribution in [2.24, 2.45) is 4.99 Å². The van der Waals surface area contributed by atoms with Crippen LogP contribution in [-0.2, 0) is 4.79 Å². The van der Waals surface area contributed by atoms with Gasteiger partial charge in [0.15, 0.2) is 0 Å². The first-order valence-corrected chi connectivity index (χ1v) is 4.99. The van der Waals surface area contributed by atoms with Crippen LogP contribution < -0.4 is 0 Å². The molecule has 0 saturated carbocycles. The lowest BCUT2D eigenvalue weighted by atomic mass is 9.94. The Bertz CT molecular complexity index is 336. The summed E-state index contributed by atoms with van der Waals surface area (Å²) in [6.45, 7) is 4.34.